The van der Waals surface area contributed by atoms with Gasteiger partial charge in [0.25, 0.3) is 5.22 Å². The van der Waals surface area contributed by atoms with Gasteiger partial charge in [0.05, 0.1) is 5.69 Å². The van der Waals surface area contributed by atoms with Gasteiger partial charge >= 0.3 is 5.97 Å². The molecule has 1 rings (SSSR count). The van der Waals surface area contributed by atoms with Crippen molar-refractivity contribution < 1.29 is 14.3 Å². The van der Waals surface area contributed by atoms with Crippen molar-refractivity contribution in [2.45, 2.75) is 64.1 Å². The van der Waals surface area contributed by atoms with Gasteiger partial charge in [0.1, 0.15) is 11.3 Å². The van der Waals surface area contributed by atoms with Crippen molar-refractivity contribution in [3.63, 3.8) is 0 Å². The number of rotatable bonds is 10. The van der Waals surface area contributed by atoms with Gasteiger partial charge in [0, 0.05) is 5.75 Å². The molecule has 5 nitrogen and oxygen atoms in total. The van der Waals surface area contributed by atoms with Gasteiger partial charge in [-0.2, -0.15) is 0 Å². The molecule has 1 aromatic heterocycles. The number of carboxylic acid groups (broad SMARTS) is 1. The van der Waals surface area contributed by atoms with Crippen molar-refractivity contribution in [2.75, 3.05) is 12.3 Å². The molecule has 0 aromatic carbocycles. The standard InChI is InChI=1S/C15H26N2O3S/c1-5-9-16-15(6-2,13(18)19)8-7-10-21-14-17-11(3)12(4)20-14/h16H,5-10H2,1-4H3,(H,18,19). The summed E-state index contributed by atoms with van der Waals surface area (Å²) in [6.07, 6.45) is 2.94. The quantitative estimate of drug-likeness (QED) is 0.509. The van der Waals surface area contributed by atoms with Crippen molar-refractivity contribution >= 4 is 17.7 Å². The Kier molecular flexibility index (Phi) is 7.25. The lowest BCUT2D eigenvalue weighted by molar-refractivity contribution is -0.145. The first kappa shape index (κ1) is 18.0. The van der Waals surface area contributed by atoms with Crippen LogP contribution in [0.5, 0.6) is 0 Å². The van der Waals surface area contributed by atoms with Gasteiger partial charge in [0.15, 0.2) is 0 Å². The minimum absolute atomic E-state index is 0.588. The number of carbonyl (C=O) groups is 1. The highest BCUT2D eigenvalue weighted by molar-refractivity contribution is 7.99. The summed E-state index contributed by atoms with van der Waals surface area (Å²) in [5, 5.41) is 13.4. The predicted octanol–water partition coefficient (Wildman–Crippen LogP) is 3.40. The Labute approximate surface area is 130 Å². The number of nitrogens with one attached hydrogen (secondary N) is 1. The smallest absolute Gasteiger partial charge is 0.323 e. The summed E-state index contributed by atoms with van der Waals surface area (Å²) >= 11 is 1.54. The minimum atomic E-state index is -0.807. The highest BCUT2D eigenvalue weighted by atomic mass is 32.2. The monoisotopic (exact) mass is 314 g/mol. The maximum atomic E-state index is 11.6. The van der Waals surface area contributed by atoms with E-state index in [0.717, 1.165) is 36.6 Å². The van der Waals surface area contributed by atoms with Crippen LogP contribution >= 0.6 is 11.8 Å². The van der Waals surface area contributed by atoms with E-state index < -0.39 is 11.5 Å². The van der Waals surface area contributed by atoms with Crippen LogP contribution in [-0.2, 0) is 4.79 Å². The molecule has 21 heavy (non-hydrogen) atoms. The van der Waals surface area contributed by atoms with Gasteiger partial charge in [0.2, 0.25) is 0 Å². The number of nitrogens with zero attached hydrogens (tertiary/aromatic N) is 1. The van der Waals surface area contributed by atoms with E-state index in [1.807, 2.05) is 27.7 Å². The van der Waals surface area contributed by atoms with Crippen LogP contribution in [-0.4, -0.2) is 33.9 Å². The second-order valence-corrected chi connectivity index (χ2v) is 6.29. The maximum Gasteiger partial charge on any atom is 0.323 e. The zero-order chi connectivity index (χ0) is 15.9. The lowest BCUT2D eigenvalue weighted by Crippen LogP contribution is -2.52. The fourth-order valence-electron chi connectivity index (χ4n) is 2.13. The Morgan fingerprint density at radius 3 is 2.62 bits per heavy atom. The summed E-state index contributed by atoms with van der Waals surface area (Å²) in [5.41, 5.74) is 0.106. The highest BCUT2D eigenvalue weighted by Gasteiger charge is 2.35. The van der Waals surface area contributed by atoms with E-state index in [-0.39, 0.29) is 0 Å². The first-order valence-electron chi connectivity index (χ1n) is 7.50. The van der Waals surface area contributed by atoms with E-state index >= 15 is 0 Å². The lowest BCUT2D eigenvalue weighted by Gasteiger charge is -2.29. The summed E-state index contributed by atoms with van der Waals surface area (Å²) in [7, 11) is 0. The van der Waals surface area contributed by atoms with Gasteiger partial charge in [-0.05, 0) is 46.1 Å². The fourth-order valence-corrected chi connectivity index (χ4v) is 2.98. The van der Waals surface area contributed by atoms with Crippen molar-refractivity contribution in [3.8, 4) is 0 Å². The van der Waals surface area contributed by atoms with Crippen LogP contribution in [0, 0.1) is 13.8 Å². The summed E-state index contributed by atoms with van der Waals surface area (Å²) in [4.78, 5) is 15.9. The molecule has 0 saturated heterocycles. The van der Waals surface area contributed by atoms with Crippen LogP contribution in [0.2, 0.25) is 0 Å². The molecule has 0 aliphatic heterocycles. The first-order valence-corrected chi connectivity index (χ1v) is 8.49. The zero-order valence-corrected chi connectivity index (χ0v) is 14.2. The fraction of sp³-hybridized carbons (Fsp3) is 0.733. The Bertz CT molecular complexity index is 442. The number of carboxylic acids is 1. The minimum Gasteiger partial charge on any atom is -0.480 e. The van der Waals surface area contributed by atoms with Gasteiger partial charge in [-0.15, -0.1) is 0 Å². The summed E-state index contributed by atoms with van der Waals surface area (Å²) in [6.45, 7) is 8.51. The number of aryl methyl sites for hydroxylation is 2. The molecule has 1 heterocycles. The number of thioether (sulfide) groups is 1. The van der Waals surface area contributed by atoms with Gasteiger partial charge in [-0.3, -0.25) is 4.79 Å². The average molecular weight is 314 g/mol. The van der Waals surface area contributed by atoms with Crippen molar-refractivity contribution in [3.05, 3.63) is 11.5 Å². The van der Waals surface area contributed by atoms with Crippen molar-refractivity contribution in [2.24, 2.45) is 0 Å². The van der Waals surface area contributed by atoms with Crippen LogP contribution in [0.25, 0.3) is 0 Å². The lowest BCUT2D eigenvalue weighted by atomic mass is 9.90. The highest BCUT2D eigenvalue weighted by Crippen LogP contribution is 2.24. The van der Waals surface area contributed by atoms with Gasteiger partial charge < -0.3 is 14.8 Å². The molecule has 0 amide bonds. The Morgan fingerprint density at radius 1 is 1.43 bits per heavy atom. The molecule has 120 valence electrons. The third-order valence-corrected chi connectivity index (χ3v) is 4.62. The SMILES string of the molecule is CCCNC(CC)(CCCSc1nc(C)c(C)o1)C(=O)O. The van der Waals surface area contributed by atoms with Crippen LogP contribution in [0.1, 0.15) is 51.0 Å². The molecule has 0 radical (unpaired) electrons. The van der Waals surface area contributed by atoms with Crippen LogP contribution in [0.4, 0.5) is 0 Å². The van der Waals surface area contributed by atoms with E-state index in [1.54, 1.807) is 11.8 Å². The third kappa shape index (κ3) is 5.04. The molecule has 0 fully saturated rings. The molecule has 1 unspecified atom stereocenters. The summed E-state index contributed by atoms with van der Waals surface area (Å²) in [5.74, 6) is 0.893. The van der Waals surface area contributed by atoms with Gasteiger partial charge in [-0.25, -0.2) is 4.98 Å². The number of oxazole rings is 1. The second-order valence-electron chi connectivity index (χ2n) is 5.24. The molecular weight excluding hydrogens is 288 g/mol. The van der Waals surface area contributed by atoms with E-state index in [9.17, 15) is 9.90 Å². The topological polar surface area (TPSA) is 75.4 Å². The van der Waals surface area contributed by atoms with Crippen LogP contribution in [0.15, 0.2) is 9.64 Å². The van der Waals surface area contributed by atoms with E-state index in [2.05, 4.69) is 10.3 Å². The summed E-state index contributed by atoms with van der Waals surface area (Å²) < 4.78 is 5.51. The molecule has 6 heteroatoms. The number of hydrogen-bond acceptors (Lipinski definition) is 5. The van der Waals surface area contributed by atoms with E-state index in [0.29, 0.717) is 18.1 Å². The van der Waals surface area contributed by atoms with Crippen LogP contribution < -0.4 is 5.32 Å². The van der Waals surface area contributed by atoms with Crippen molar-refractivity contribution in [1.82, 2.24) is 10.3 Å². The molecule has 1 atom stereocenters. The Balaban J connectivity index is 2.47. The molecule has 0 saturated carbocycles. The zero-order valence-electron chi connectivity index (χ0n) is 13.4. The molecule has 1 aromatic rings. The third-order valence-electron chi connectivity index (χ3n) is 3.71. The molecular formula is C15H26N2O3S. The normalized spacial score (nSPS) is 14.1. The second kappa shape index (κ2) is 8.44. The molecule has 0 aliphatic carbocycles. The van der Waals surface area contributed by atoms with Crippen LogP contribution in [0.3, 0.4) is 0 Å². The Hall–Kier alpha value is -1.01. The average Bonchev–Trinajstić information content (AvgIpc) is 2.77. The number of aromatic nitrogens is 1. The molecule has 0 bridgehead atoms. The van der Waals surface area contributed by atoms with E-state index in [1.165, 1.54) is 0 Å². The largest absolute Gasteiger partial charge is 0.480 e. The molecule has 0 aliphatic rings. The summed E-state index contributed by atoms with van der Waals surface area (Å²) in [6, 6.07) is 0. The molecule has 2 N–H and O–H groups in total. The maximum absolute atomic E-state index is 11.6. The first-order chi connectivity index (χ1) is 9.95. The Morgan fingerprint density at radius 2 is 2.14 bits per heavy atom. The van der Waals surface area contributed by atoms with Gasteiger partial charge in [-0.1, -0.05) is 25.6 Å². The predicted molar refractivity (Wildman–Crippen MR) is 84.9 cm³/mol. The van der Waals surface area contributed by atoms with Crippen molar-refractivity contribution in [1.29, 1.82) is 0 Å². The van der Waals surface area contributed by atoms with E-state index in [4.69, 9.17) is 4.42 Å². The number of hydrogen-bond donors (Lipinski definition) is 2. The number of aliphatic carboxylic acids is 1. The molecule has 0 spiro atoms.